The van der Waals surface area contributed by atoms with Gasteiger partial charge in [-0.2, -0.15) is 0 Å². The Morgan fingerprint density at radius 1 is 1.00 bits per heavy atom. The quantitative estimate of drug-likeness (QED) is 0.246. The average molecular weight is 457 g/mol. The van der Waals surface area contributed by atoms with Crippen LogP contribution in [0.25, 0.3) is 0 Å². The van der Waals surface area contributed by atoms with Crippen LogP contribution in [0.1, 0.15) is 52.6 Å². The van der Waals surface area contributed by atoms with Gasteiger partial charge in [0.2, 0.25) is 0 Å². The molecule has 5 N–H and O–H groups in total. The van der Waals surface area contributed by atoms with Crippen LogP contribution in [0, 0.1) is 0 Å². The van der Waals surface area contributed by atoms with Gasteiger partial charge >= 0.3 is 13.1 Å². The summed E-state index contributed by atoms with van der Waals surface area (Å²) >= 11 is 0. The van der Waals surface area contributed by atoms with E-state index in [2.05, 4.69) is 26.1 Å². The van der Waals surface area contributed by atoms with Gasteiger partial charge in [0.15, 0.2) is 0 Å². The Morgan fingerprint density at radius 3 is 2.12 bits per heavy atom. The van der Waals surface area contributed by atoms with Crippen molar-refractivity contribution in [1.29, 1.82) is 0 Å². The molecule has 0 radical (unpaired) electrons. The number of hydrogen-bond donors (Lipinski definition) is 5. The first kappa shape index (κ1) is 26.4. The topological polar surface area (TPSA) is 127 Å². The highest BCUT2D eigenvalue weighted by molar-refractivity contribution is 6.43. The van der Waals surface area contributed by atoms with Crippen molar-refractivity contribution < 1.29 is 34.3 Å². The largest absolute Gasteiger partial charge is 0.507 e. The number of aromatic hydroxyl groups is 1. The lowest BCUT2D eigenvalue weighted by Gasteiger charge is -2.35. The van der Waals surface area contributed by atoms with Crippen LogP contribution in [0.3, 0.4) is 0 Å². The van der Waals surface area contributed by atoms with Crippen molar-refractivity contribution in [3.05, 3.63) is 64.7 Å². The summed E-state index contributed by atoms with van der Waals surface area (Å²) in [5, 5.41) is 41.5. The van der Waals surface area contributed by atoms with Crippen molar-refractivity contribution in [2.45, 2.75) is 39.6 Å². The lowest BCUT2D eigenvalue weighted by molar-refractivity contribution is -0.936. The highest BCUT2D eigenvalue weighted by atomic mass is 16.4. The van der Waals surface area contributed by atoms with E-state index in [4.69, 9.17) is 5.11 Å². The molecular formula is C24H34BN2O6+. The van der Waals surface area contributed by atoms with Crippen LogP contribution in [0.4, 0.5) is 0 Å². The van der Waals surface area contributed by atoms with Gasteiger partial charge in [-0.05, 0) is 51.0 Å². The van der Waals surface area contributed by atoms with Crippen molar-refractivity contribution >= 4 is 19.0 Å². The Kier molecular flexibility index (Phi) is 9.46. The summed E-state index contributed by atoms with van der Waals surface area (Å²) in [7, 11) is -1.76. The molecule has 0 aliphatic carbocycles. The van der Waals surface area contributed by atoms with Gasteiger partial charge in [0.05, 0.1) is 19.6 Å². The van der Waals surface area contributed by atoms with Gasteiger partial charge in [-0.1, -0.05) is 24.3 Å². The van der Waals surface area contributed by atoms with Gasteiger partial charge in [0.1, 0.15) is 17.9 Å². The third-order valence-electron chi connectivity index (χ3n) is 6.53. The molecule has 1 unspecified atom stereocenters. The van der Waals surface area contributed by atoms with Gasteiger partial charge < -0.3 is 30.1 Å². The molecule has 0 aliphatic rings. The summed E-state index contributed by atoms with van der Waals surface area (Å²) in [6, 6.07) is 11.6. The number of amides is 1. The first-order valence-electron chi connectivity index (χ1n) is 11.3. The lowest BCUT2D eigenvalue weighted by Crippen LogP contribution is -2.46. The number of nitrogens with zero attached hydrogens (tertiary/aromatic N) is 1. The molecule has 2 rings (SSSR count). The number of aromatic carboxylic acids is 1. The minimum atomic E-state index is -1.76. The van der Waals surface area contributed by atoms with Crippen molar-refractivity contribution in [2.24, 2.45) is 0 Å². The summed E-state index contributed by atoms with van der Waals surface area (Å²) in [5.41, 5.74) is 1.61. The van der Waals surface area contributed by atoms with Crippen LogP contribution < -0.4 is 5.32 Å². The van der Waals surface area contributed by atoms with E-state index in [9.17, 15) is 24.7 Å². The fourth-order valence-corrected chi connectivity index (χ4v) is 3.97. The van der Waals surface area contributed by atoms with Crippen LogP contribution in [0.5, 0.6) is 5.75 Å². The molecule has 0 bridgehead atoms. The van der Waals surface area contributed by atoms with Crippen molar-refractivity contribution in [3.8, 4) is 5.75 Å². The predicted molar refractivity (Wildman–Crippen MR) is 127 cm³/mol. The van der Waals surface area contributed by atoms with Crippen LogP contribution in [-0.2, 0) is 13.0 Å². The van der Waals surface area contributed by atoms with Crippen molar-refractivity contribution in [2.75, 3.05) is 26.2 Å². The second-order valence-electron chi connectivity index (χ2n) is 8.35. The molecule has 1 amide bonds. The van der Waals surface area contributed by atoms with E-state index in [1.54, 1.807) is 12.1 Å². The first-order valence-corrected chi connectivity index (χ1v) is 11.3. The zero-order valence-corrected chi connectivity index (χ0v) is 19.5. The van der Waals surface area contributed by atoms with Crippen LogP contribution in [-0.4, -0.2) is 69.9 Å². The fourth-order valence-electron chi connectivity index (χ4n) is 3.97. The maximum absolute atomic E-state index is 12.6. The summed E-state index contributed by atoms with van der Waals surface area (Å²) in [6.45, 7) is 10.5. The monoisotopic (exact) mass is 457 g/mol. The van der Waals surface area contributed by atoms with Gasteiger partial charge in [0.25, 0.3) is 5.91 Å². The fraction of sp³-hybridized carbons (Fsp3) is 0.417. The summed E-state index contributed by atoms with van der Waals surface area (Å²) < 4.78 is 0.970. The molecule has 0 saturated heterocycles. The van der Waals surface area contributed by atoms with E-state index in [0.717, 1.165) is 36.2 Å². The van der Waals surface area contributed by atoms with Gasteiger partial charge in [0, 0.05) is 23.5 Å². The molecule has 0 aromatic heterocycles. The second kappa shape index (κ2) is 11.8. The number of phenols is 1. The Hall–Kier alpha value is -2.88. The molecule has 8 nitrogen and oxygen atoms in total. The van der Waals surface area contributed by atoms with E-state index in [0.29, 0.717) is 5.56 Å². The van der Waals surface area contributed by atoms with Crippen LogP contribution in [0.2, 0.25) is 5.82 Å². The molecule has 0 fully saturated rings. The summed E-state index contributed by atoms with van der Waals surface area (Å²) in [6.07, 6.45) is -0.0190. The Morgan fingerprint density at radius 2 is 1.61 bits per heavy atom. The van der Waals surface area contributed by atoms with Crippen LogP contribution in [0.15, 0.2) is 42.5 Å². The van der Waals surface area contributed by atoms with Gasteiger partial charge in [-0.15, -0.1) is 0 Å². The number of nitrogens with one attached hydrogen (secondary N) is 1. The zero-order valence-electron chi connectivity index (χ0n) is 19.5. The number of carbonyl (C=O) groups is 2. The highest BCUT2D eigenvalue weighted by Crippen LogP contribution is 2.27. The third kappa shape index (κ3) is 6.80. The lowest BCUT2D eigenvalue weighted by atomic mass is 9.69. The van der Waals surface area contributed by atoms with E-state index >= 15 is 0 Å². The predicted octanol–water partition coefficient (Wildman–Crippen LogP) is 2.28. The average Bonchev–Trinajstić information content (AvgIpc) is 2.81. The number of carbonyl (C=O) groups excluding carboxylic acids is 1. The van der Waals surface area contributed by atoms with Crippen molar-refractivity contribution in [3.63, 3.8) is 0 Å². The van der Waals surface area contributed by atoms with E-state index in [1.807, 2.05) is 12.1 Å². The number of hydrogen-bond acceptors (Lipinski definition) is 5. The first-order chi connectivity index (χ1) is 15.7. The summed E-state index contributed by atoms with van der Waals surface area (Å²) in [4.78, 5) is 23.8. The molecule has 33 heavy (non-hydrogen) atoms. The normalized spacial score (nSPS) is 12.3. The molecule has 0 saturated carbocycles. The number of quaternary nitrogens is 1. The maximum Gasteiger partial charge on any atom is 0.456 e. The Balaban J connectivity index is 2.04. The zero-order chi connectivity index (χ0) is 24.6. The van der Waals surface area contributed by atoms with Gasteiger partial charge in [-0.25, -0.2) is 4.79 Å². The number of benzene rings is 2. The molecule has 2 aromatic rings. The number of carboxylic acids is 1. The standard InChI is InChI=1S/C24H33BN2O6/c1-4-27(5-2,6-3)16-17-10-12-18(13-11-17)23(29)26-15-20(25(32)33)14-19-8-7-9-21(22(19)28)24(30)31/h7-13,20,32-33H,4-6,14-16H2,1-3H3,(H2-,26,28,29,30,31)/p+1. The van der Waals surface area contributed by atoms with E-state index < -0.39 is 24.7 Å². The second-order valence-corrected chi connectivity index (χ2v) is 8.35. The summed E-state index contributed by atoms with van der Waals surface area (Å²) in [5.74, 6) is -2.88. The number of rotatable bonds is 12. The minimum Gasteiger partial charge on any atom is -0.507 e. The van der Waals surface area contributed by atoms with E-state index in [-0.39, 0.29) is 30.0 Å². The van der Waals surface area contributed by atoms with Crippen molar-refractivity contribution in [1.82, 2.24) is 5.32 Å². The molecule has 178 valence electrons. The Labute approximate surface area is 195 Å². The molecule has 2 aromatic carbocycles. The Bertz CT molecular complexity index is 936. The molecule has 0 spiro atoms. The van der Waals surface area contributed by atoms with Gasteiger partial charge in [-0.3, -0.25) is 4.79 Å². The number of carboxylic acid groups (broad SMARTS) is 1. The minimum absolute atomic E-state index is 0.0190. The number of para-hydroxylation sites is 1. The van der Waals surface area contributed by atoms with E-state index in [1.165, 1.54) is 18.2 Å². The highest BCUT2D eigenvalue weighted by Gasteiger charge is 2.27. The molecule has 0 aliphatic heterocycles. The smallest absolute Gasteiger partial charge is 0.456 e. The maximum atomic E-state index is 12.6. The molecule has 9 heteroatoms. The molecule has 1 atom stereocenters. The third-order valence-corrected chi connectivity index (χ3v) is 6.53. The molecular weight excluding hydrogens is 423 g/mol. The SMILES string of the molecule is CC[N+](CC)(CC)Cc1ccc(C(=O)NCC(Cc2cccc(C(=O)O)c2O)B(O)O)cc1. The molecule has 0 heterocycles. The van der Waals surface area contributed by atoms with Crippen LogP contribution >= 0.6 is 0 Å².